The Bertz CT molecular complexity index is 376. The molecule has 1 atom stereocenters. The number of aliphatic hydroxyl groups is 1. The van der Waals surface area contributed by atoms with Crippen LogP contribution in [0, 0.1) is 11.8 Å². The summed E-state index contributed by atoms with van der Waals surface area (Å²) in [4.78, 5) is 4.09. The largest absolute Gasteiger partial charge is 0.389 e. The second-order valence-electron chi connectivity index (χ2n) is 5.29. The van der Waals surface area contributed by atoms with E-state index < -0.39 is 5.60 Å². The summed E-state index contributed by atoms with van der Waals surface area (Å²) < 4.78 is 12.9. The number of rotatable bonds is 6. The van der Waals surface area contributed by atoms with Crippen LogP contribution in [0.25, 0.3) is 0 Å². The third kappa shape index (κ3) is 2.83. The smallest absolute Gasteiger partial charge is 0.178 e. The Kier molecular flexibility index (Phi) is 4.74. The predicted octanol–water partition coefficient (Wildman–Crippen LogP) is 4.09. The van der Waals surface area contributed by atoms with E-state index in [4.69, 9.17) is 0 Å². The quantitative estimate of drug-likeness (QED) is 0.571. The summed E-state index contributed by atoms with van der Waals surface area (Å²) in [5.74, 6) is 0.182. The van der Waals surface area contributed by atoms with E-state index in [-0.39, 0.29) is 17.6 Å². The zero-order chi connectivity index (χ0) is 13.9. The highest BCUT2D eigenvalue weighted by atomic mass is 19.3. The molecule has 2 nitrogen and oxygen atoms in total. The Labute approximate surface area is 109 Å². The molecule has 0 heterocycles. The van der Waals surface area contributed by atoms with Gasteiger partial charge in [-0.25, -0.2) is 0 Å². The highest BCUT2D eigenvalue weighted by Crippen LogP contribution is 2.46. The number of hydrogen-bond donors (Lipinski definition) is 1. The lowest BCUT2D eigenvalue weighted by Crippen LogP contribution is -2.22. The highest BCUT2D eigenvalue weighted by molar-refractivity contribution is 5.39. The highest BCUT2D eigenvalue weighted by Gasteiger charge is 2.47. The van der Waals surface area contributed by atoms with Gasteiger partial charge in [-0.2, -0.15) is 0 Å². The van der Waals surface area contributed by atoms with Crippen LogP contribution in [0.5, 0.6) is 0 Å². The Balaban J connectivity index is 3.20. The maximum absolute atomic E-state index is 12.9. The summed E-state index contributed by atoms with van der Waals surface area (Å²) >= 11 is 0. The fourth-order valence-electron chi connectivity index (χ4n) is 2.30. The van der Waals surface area contributed by atoms with Gasteiger partial charge in [0.05, 0.1) is 5.60 Å². The van der Waals surface area contributed by atoms with E-state index in [1.54, 1.807) is 6.08 Å². The molecule has 1 saturated carbocycles. The molecule has 1 fully saturated rings. The zero-order valence-corrected chi connectivity index (χ0v) is 11.7. The van der Waals surface area contributed by atoms with E-state index >= 15 is 0 Å². The molecule has 1 unspecified atom stereocenters. The molecule has 1 aliphatic rings. The van der Waals surface area contributed by atoms with Gasteiger partial charge >= 0.3 is 0 Å². The first-order chi connectivity index (χ1) is 8.41. The number of hydrogen-bond acceptors (Lipinski definition) is 2. The van der Waals surface area contributed by atoms with Crippen molar-refractivity contribution >= 4 is 0 Å². The van der Waals surface area contributed by atoms with Gasteiger partial charge in [0.25, 0.3) is 0 Å². The first-order valence-corrected chi connectivity index (χ1v) is 6.45. The molecular weight excluding hydrogens is 231 g/mol. The van der Waals surface area contributed by atoms with Crippen molar-refractivity contribution in [2.75, 3.05) is 0 Å². The van der Waals surface area contributed by atoms with Crippen LogP contribution >= 0.6 is 0 Å². The predicted molar refractivity (Wildman–Crippen MR) is 71.4 cm³/mol. The van der Waals surface area contributed by atoms with Crippen molar-refractivity contribution in [2.24, 2.45) is 11.8 Å². The molecule has 0 aromatic rings. The van der Waals surface area contributed by atoms with Gasteiger partial charge in [-0.3, -0.25) is 4.94 Å². The lowest BCUT2D eigenvalue weighted by molar-refractivity contribution is -0.0825. The van der Waals surface area contributed by atoms with Gasteiger partial charge in [-0.05, 0) is 31.3 Å². The van der Waals surface area contributed by atoms with Crippen LogP contribution < -0.4 is 0 Å². The van der Waals surface area contributed by atoms with Crippen molar-refractivity contribution in [3.05, 3.63) is 35.6 Å². The fraction of sp³-hybridized carbons (Fsp3) is 0.600. The SMILES string of the molecule is C=C/C(=C(OF)\C(=C/C)C(C)C)C(C)C1(O)CC1. The summed E-state index contributed by atoms with van der Waals surface area (Å²) in [6, 6.07) is 0. The minimum Gasteiger partial charge on any atom is -0.389 e. The third-order valence-electron chi connectivity index (χ3n) is 3.79. The van der Waals surface area contributed by atoms with Crippen molar-refractivity contribution < 1.29 is 14.6 Å². The molecule has 102 valence electrons. The molecule has 0 saturated heterocycles. The fourth-order valence-corrected chi connectivity index (χ4v) is 2.30. The standard InChI is InChI=1S/C15H23FO2/c1-6-12(10(3)4)14(18-16)13(7-2)11(5)15(17)8-9-15/h6-7,10-11,17H,2,8-9H2,1,3-5H3/b12-6-,14-13-. The Hall–Kier alpha value is -1.09. The van der Waals surface area contributed by atoms with Gasteiger partial charge in [0.2, 0.25) is 0 Å². The van der Waals surface area contributed by atoms with Crippen LogP contribution in [-0.4, -0.2) is 10.7 Å². The van der Waals surface area contributed by atoms with Crippen LogP contribution in [0.4, 0.5) is 4.53 Å². The van der Waals surface area contributed by atoms with Gasteiger partial charge < -0.3 is 5.11 Å². The van der Waals surface area contributed by atoms with Crippen molar-refractivity contribution in [1.82, 2.24) is 0 Å². The van der Waals surface area contributed by atoms with Crippen LogP contribution in [0.2, 0.25) is 0 Å². The third-order valence-corrected chi connectivity index (χ3v) is 3.79. The molecule has 1 N–H and O–H groups in total. The zero-order valence-electron chi connectivity index (χ0n) is 11.7. The van der Waals surface area contributed by atoms with Crippen molar-refractivity contribution in [1.29, 1.82) is 0 Å². The van der Waals surface area contributed by atoms with Crippen LogP contribution in [0.3, 0.4) is 0 Å². The van der Waals surface area contributed by atoms with Gasteiger partial charge in [0, 0.05) is 16.0 Å². The van der Waals surface area contributed by atoms with Crippen LogP contribution in [-0.2, 0) is 4.94 Å². The van der Waals surface area contributed by atoms with Crippen molar-refractivity contribution in [3.63, 3.8) is 0 Å². The maximum atomic E-state index is 12.9. The van der Waals surface area contributed by atoms with E-state index in [9.17, 15) is 9.63 Å². The summed E-state index contributed by atoms with van der Waals surface area (Å²) in [7, 11) is 0. The van der Waals surface area contributed by atoms with Gasteiger partial charge in [-0.1, -0.05) is 39.5 Å². The molecular formula is C15H23FO2. The Morgan fingerprint density at radius 3 is 2.22 bits per heavy atom. The van der Waals surface area contributed by atoms with E-state index in [0.29, 0.717) is 5.57 Å². The van der Waals surface area contributed by atoms with Crippen molar-refractivity contribution in [2.45, 2.75) is 46.1 Å². The van der Waals surface area contributed by atoms with E-state index in [1.165, 1.54) is 0 Å². The minimum atomic E-state index is -0.719. The van der Waals surface area contributed by atoms with Gasteiger partial charge in [0.15, 0.2) is 5.76 Å². The molecule has 0 aromatic carbocycles. The average molecular weight is 254 g/mol. The normalized spacial score (nSPS) is 21.4. The first kappa shape index (κ1) is 15.0. The molecule has 0 bridgehead atoms. The Morgan fingerprint density at radius 2 is 1.94 bits per heavy atom. The summed E-state index contributed by atoms with van der Waals surface area (Å²) in [6.07, 6.45) is 4.92. The van der Waals surface area contributed by atoms with Crippen molar-refractivity contribution in [3.8, 4) is 0 Å². The molecule has 3 heteroatoms. The Morgan fingerprint density at radius 1 is 1.39 bits per heavy atom. The molecule has 1 rings (SSSR count). The number of halogens is 1. The second kappa shape index (κ2) is 5.70. The lowest BCUT2D eigenvalue weighted by atomic mass is 9.88. The molecule has 0 aliphatic heterocycles. The topological polar surface area (TPSA) is 29.5 Å². The molecule has 18 heavy (non-hydrogen) atoms. The monoisotopic (exact) mass is 254 g/mol. The second-order valence-corrected chi connectivity index (χ2v) is 5.29. The number of allylic oxidation sites excluding steroid dienone is 3. The summed E-state index contributed by atoms with van der Waals surface area (Å²) in [5.41, 5.74) is 0.714. The summed E-state index contributed by atoms with van der Waals surface area (Å²) in [5, 5.41) is 10.2. The van der Waals surface area contributed by atoms with Gasteiger partial charge in [-0.15, -0.1) is 0 Å². The van der Waals surface area contributed by atoms with E-state index in [2.05, 4.69) is 11.5 Å². The van der Waals surface area contributed by atoms with E-state index in [1.807, 2.05) is 33.8 Å². The summed E-state index contributed by atoms with van der Waals surface area (Å²) in [6.45, 7) is 11.4. The van der Waals surface area contributed by atoms with Crippen LogP contribution in [0.1, 0.15) is 40.5 Å². The maximum Gasteiger partial charge on any atom is 0.178 e. The van der Waals surface area contributed by atoms with Gasteiger partial charge in [0.1, 0.15) is 0 Å². The molecule has 0 aromatic heterocycles. The van der Waals surface area contributed by atoms with Crippen LogP contribution in [0.15, 0.2) is 35.6 Å². The molecule has 0 radical (unpaired) electrons. The molecule has 0 spiro atoms. The minimum absolute atomic E-state index is 0.150. The molecule has 1 aliphatic carbocycles. The molecule has 0 amide bonds. The lowest BCUT2D eigenvalue weighted by Gasteiger charge is -2.22. The first-order valence-electron chi connectivity index (χ1n) is 6.45. The average Bonchev–Trinajstić information content (AvgIpc) is 3.07. The van der Waals surface area contributed by atoms with E-state index in [0.717, 1.165) is 18.4 Å².